The Bertz CT molecular complexity index is 698. The van der Waals surface area contributed by atoms with Crippen molar-refractivity contribution in [2.45, 2.75) is 0 Å². The number of rotatable bonds is 2. The molecule has 0 saturated carbocycles. The molecule has 0 atom stereocenters. The number of imidazole rings is 1. The van der Waals surface area contributed by atoms with Gasteiger partial charge in [0.2, 0.25) is 0 Å². The van der Waals surface area contributed by atoms with Gasteiger partial charge < -0.3 is 0 Å². The second-order valence-corrected chi connectivity index (χ2v) is 4.31. The number of fused-ring (bicyclic) bond motifs is 1. The quantitative estimate of drug-likeness (QED) is 0.644. The molecule has 18 heavy (non-hydrogen) atoms. The van der Waals surface area contributed by atoms with Crippen LogP contribution in [0.4, 0.5) is 0 Å². The van der Waals surface area contributed by atoms with Crippen LogP contribution in [0, 0.1) is 0 Å². The molecule has 0 radical (unpaired) electrons. The molecule has 2 aromatic carbocycles. The molecular formula is C14H10ClN3. The van der Waals surface area contributed by atoms with Crippen LogP contribution >= 0.6 is 11.6 Å². The molecule has 0 bridgehead atoms. The maximum atomic E-state index is 5.83. The van der Waals surface area contributed by atoms with Crippen LogP contribution in [-0.2, 0) is 0 Å². The third-order valence-corrected chi connectivity index (χ3v) is 2.89. The van der Waals surface area contributed by atoms with Gasteiger partial charge in [0.05, 0.1) is 17.2 Å². The lowest BCUT2D eigenvalue weighted by Gasteiger charge is -1.96. The van der Waals surface area contributed by atoms with E-state index in [-0.39, 0.29) is 0 Å². The van der Waals surface area contributed by atoms with E-state index in [1.165, 1.54) is 0 Å². The van der Waals surface area contributed by atoms with Crippen molar-refractivity contribution < 1.29 is 0 Å². The average molecular weight is 256 g/mol. The minimum atomic E-state index is 0.722. The van der Waals surface area contributed by atoms with Crippen LogP contribution in [0.1, 0.15) is 5.56 Å². The highest BCUT2D eigenvalue weighted by Crippen LogP contribution is 2.12. The number of hydrogen-bond acceptors (Lipinski definition) is 2. The summed E-state index contributed by atoms with van der Waals surface area (Å²) >= 11 is 5.83. The van der Waals surface area contributed by atoms with Gasteiger partial charge in [-0.2, -0.15) is 5.10 Å². The molecule has 3 rings (SSSR count). The molecule has 0 aliphatic heterocycles. The van der Waals surface area contributed by atoms with E-state index in [0.717, 1.165) is 21.6 Å². The highest BCUT2D eigenvalue weighted by atomic mass is 35.5. The van der Waals surface area contributed by atoms with Gasteiger partial charge in [0, 0.05) is 5.02 Å². The topological polar surface area (TPSA) is 30.2 Å². The van der Waals surface area contributed by atoms with Crippen LogP contribution in [0.2, 0.25) is 5.02 Å². The van der Waals surface area contributed by atoms with Crippen LogP contribution < -0.4 is 0 Å². The van der Waals surface area contributed by atoms with Crippen LogP contribution in [0.3, 0.4) is 0 Å². The zero-order chi connectivity index (χ0) is 12.4. The molecule has 0 spiro atoms. The Labute approximate surface area is 109 Å². The van der Waals surface area contributed by atoms with Crippen LogP contribution in [0.15, 0.2) is 60.0 Å². The highest BCUT2D eigenvalue weighted by Gasteiger charge is 1.98. The molecule has 0 aliphatic rings. The fourth-order valence-corrected chi connectivity index (χ4v) is 1.84. The predicted octanol–water partition coefficient (Wildman–Crippen LogP) is 3.57. The largest absolute Gasteiger partial charge is 0.235 e. The summed E-state index contributed by atoms with van der Waals surface area (Å²) in [6.07, 6.45) is 3.49. The fourth-order valence-electron chi connectivity index (χ4n) is 1.72. The fraction of sp³-hybridized carbons (Fsp3) is 0. The van der Waals surface area contributed by atoms with E-state index in [0.29, 0.717) is 0 Å². The van der Waals surface area contributed by atoms with Crippen LogP contribution in [-0.4, -0.2) is 15.9 Å². The van der Waals surface area contributed by atoms with Crippen molar-refractivity contribution in [2.75, 3.05) is 0 Å². The van der Waals surface area contributed by atoms with E-state index < -0.39 is 0 Å². The summed E-state index contributed by atoms with van der Waals surface area (Å²) in [4.78, 5) is 4.27. The second kappa shape index (κ2) is 4.63. The lowest BCUT2D eigenvalue weighted by molar-refractivity contribution is 0.914. The molecule has 0 saturated heterocycles. The van der Waals surface area contributed by atoms with Crippen molar-refractivity contribution in [3.05, 3.63) is 65.4 Å². The molecule has 0 N–H and O–H groups in total. The Morgan fingerprint density at radius 1 is 1.06 bits per heavy atom. The first-order valence-electron chi connectivity index (χ1n) is 5.55. The zero-order valence-corrected chi connectivity index (χ0v) is 10.2. The summed E-state index contributed by atoms with van der Waals surface area (Å²) in [5.41, 5.74) is 2.92. The number of halogens is 1. The lowest BCUT2D eigenvalue weighted by Crippen LogP contribution is -1.88. The minimum absolute atomic E-state index is 0.722. The summed E-state index contributed by atoms with van der Waals surface area (Å²) in [5.74, 6) is 0. The second-order valence-electron chi connectivity index (χ2n) is 3.87. The Hall–Kier alpha value is -2.13. The van der Waals surface area contributed by atoms with Crippen molar-refractivity contribution >= 4 is 28.8 Å². The van der Waals surface area contributed by atoms with Gasteiger partial charge in [0.1, 0.15) is 6.33 Å². The van der Waals surface area contributed by atoms with Crippen molar-refractivity contribution in [3.8, 4) is 0 Å². The minimum Gasteiger partial charge on any atom is -0.235 e. The third kappa shape index (κ3) is 2.13. The molecule has 0 amide bonds. The van der Waals surface area contributed by atoms with E-state index in [1.54, 1.807) is 17.2 Å². The summed E-state index contributed by atoms with van der Waals surface area (Å²) in [6, 6.07) is 15.4. The molecule has 4 heteroatoms. The maximum absolute atomic E-state index is 5.83. The van der Waals surface area contributed by atoms with Crippen LogP contribution in [0.25, 0.3) is 11.0 Å². The van der Waals surface area contributed by atoms with E-state index >= 15 is 0 Å². The van der Waals surface area contributed by atoms with E-state index in [1.807, 2.05) is 48.5 Å². The van der Waals surface area contributed by atoms with Gasteiger partial charge in [-0.3, -0.25) is 0 Å². The summed E-state index contributed by atoms with van der Waals surface area (Å²) in [7, 11) is 0. The van der Waals surface area contributed by atoms with Gasteiger partial charge in [-0.05, 0) is 29.8 Å². The number of benzene rings is 2. The molecule has 88 valence electrons. The first-order chi connectivity index (χ1) is 8.83. The SMILES string of the molecule is Clc1ccc(/C=N/n2cnc3ccccc32)cc1. The van der Waals surface area contributed by atoms with Gasteiger partial charge in [0.25, 0.3) is 0 Å². The first-order valence-corrected chi connectivity index (χ1v) is 5.93. The van der Waals surface area contributed by atoms with Gasteiger partial charge in [-0.25, -0.2) is 9.66 Å². The molecule has 0 aliphatic carbocycles. The number of para-hydroxylation sites is 2. The van der Waals surface area contributed by atoms with E-state index in [9.17, 15) is 0 Å². The predicted molar refractivity (Wildman–Crippen MR) is 74.2 cm³/mol. The average Bonchev–Trinajstić information content (AvgIpc) is 2.82. The standard InChI is InChI=1S/C14H10ClN3/c15-12-7-5-11(6-8-12)9-17-18-10-16-13-3-1-2-4-14(13)18/h1-10H/b17-9+. The molecule has 3 aromatic rings. The normalized spacial score (nSPS) is 11.4. The number of nitrogens with zero attached hydrogens (tertiary/aromatic N) is 3. The Morgan fingerprint density at radius 2 is 1.83 bits per heavy atom. The molecule has 3 nitrogen and oxygen atoms in total. The third-order valence-electron chi connectivity index (χ3n) is 2.64. The van der Waals surface area contributed by atoms with Gasteiger partial charge >= 0.3 is 0 Å². The smallest absolute Gasteiger partial charge is 0.118 e. The monoisotopic (exact) mass is 255 g/mol. The lowest BCUT2D eigenvalue weighted by atomic mass is 10.2. The van der Waals surface area contributed by atoms with Crippen molar-refractivity contribution in [3.63, 3.8) is 0 Å². The van der Waals surface area contributed by atoms with Crippen molar-refractivity contribution in [1.29, 1.82) is 0 Å². The van der Waals surface area contributed by atoms with Crippen molar-refractivity contribution in [1.82, 2.24) is 9.66 Å². The number of aromatic nitrogens is 2. The number of hydrogen-bond donors (Lipinski definition) is 0. The Kier molecular flexibility index (Phi) is 2.82. The molecular weight excluding hydrogens is 246 g/mol. The Morgan fingerprint density at radius 3 is 2.67 bits per heavy atom. The van der Waals surface area contributed by atoms with Crippen LogP contribution in [0.5, 0.6) is 0 Å². The summed E-state index contributed by atoms with van der Waals surface area (Å²) < 4.78 is 1.75. The zero-order valence-electron chi connectivity index (χ0n) is 9.49. The summed E-state index contributed by atoms with van der Waals surface area (Å²) in [5, 5.41) is 5.10. The molecule has 1 heterocycles. The maximum Gasteiger partial charge on any atom is 0.118 e. The molecule has 1 aromatic heterocycles. The Balaban J connectivity index is 1.94. The molecule has 0 fully saturated rings. The molecule has 0 unspecified atom stereocenters. The van der Waals surface area contributed by atoms with Gasteiger partial charge in [-0.15, -0.1) is 0 Å². The van der Waals surface area contributed by atoms with E-state index in [4.69, 9.17) is 11.6 Å². The van der Waals surface area contributed by atoms with Crippen molar-refractivity contribution in [2.24, 2.45) is 5.10 Å². The first kappa shape index (κ1) is 11.0. The van der Waals surface area contributed by atoms with Gasteiger partial charge in [-0.1, -0.05) is 35.9 Å². The van der Waals surface area contributed by atoms with Gasteiger partial charge in [0.15, 0.2) is 0 Å². The highest BCUT2D eigenvalue weighted by molar-refractivity contribution is 6.30. The summed E-state index contributed by atoms with van der Waals surface area (Å²) in [6.45, 7) is 0. The van der Waals surface area contributed by atoms with E-state index in [2.05, 4.69) is 10.1 Å².